The Labute approximate surface area is 64.7 Å². The average Bonchev–Trinajstić information content (AvgIpc) is 1.91. The lowest BCUT2D eigenvalue weighted by molar-refractivity contribution is 1.76. The molecule has 0 aliphatic carbocycles. The molecule has 0 aliphatic heterocycles. The van der Waals surface area contributed by atoms with Crippen molar-refractivity contribution in [3.05, 3.63) is 30.3 Å². The van der Waals surface area contributed by atoms with Crippen molar-refractivity contribution in [3.8, 4) is 0 Å². The first-order valence-electron chi connectivity index (χ1n) is 3.03. The van der Waals surface area contributed by atoms with Gasteiger partial charge in [0.25, 0.3) is 0 Å². The minimum absolute atomic E-state index is 1.05. The first-order valence-corrected chi connectivity index (χ1v) is 4.15. The van der Waals surface area contributed by atoms with Crippen LogP contribution in [0.3, 0.4) is 0 Å². The summed E-state index contributed by atoms with van der Waals surface area (Å²) in [5.41, 5.74) is 1.40. The van der Waals surface area contributed by atoms with Gasteiger partial charge in [-0.2, -0.15) is 0 Å². The van der Waals surface area contributed by atoms with E-state index in [1.54, 1.807) is 0 Å². The van der Waals surface area contributed by atoms with E-state index in [0.29, 0.717) is 0 Å². The molecule has 1 aromatic carbocycles. The zero-order chi connectivity index (χ0) is 6.53. The van der Waals surface area contributed by atoms with Gasteiger partial charge in [-0.3, -0.25) is 0 Å². The Balaban J connectivity index is 2.61. The second-order valence-corrected chi connectivity index (χ2v) is 2.72. The van der Waals surface area contributed by atoms with Gasteiger partial charge >= 0.3 is 0 Å². The summed E-state index contributed by atoms with van der Waals surface area (Å²) >= 11 is 3.39. The third-order valence-electron chi connectivity index (χ3n) is 1.23. The van der Waals surface area contributed by atoms with E-state index >= 15 is 0 Å². The number of alkyl halides is 1. The molecule has 0 aliphatic rings. The largest absolute Gasteiger partial charge is 0.169 e. The SMILES string of the molecule is BrCBc1ccccc1. The molecule has 0 heterocycles. The highest BCUT2D eigenvalue weighted by atomic mass is 79.9. The van der Waals surface area contributed by atoms with Crippen LogP contribution in [0.1, 0.15) is 0 Å². The molecule has 9 heavy (non-hydrogen) atoms. The van der Waals surface area contributed by atoms with E-state index in [2.05, 4.69) is 40.2 Å². The summed E-state index contributed by atoms with van der Waals surface area (Å²) < 4.78 is 0. The van der Waals surface area contributed by atoms with E-state index in [1.807, 2.05) is 6.07 Å². The molecule has 0 nitrogen and oxygen atoms in total. The van der Waals surface area contributed by atoms with E-state index in [4.69, 9.17) is 0 Å². The molecule has 0 atom stereocenters. The van der Waals surface area contributed by atoms with Gasteiger partial charge in [-0.25, -0.2) is 0 Å². The zero-order valence-corrected chi connectivity index (χ0v) is 6.76. The lowest BCUT2D eigenvalue weighted by atomic mass is 9.73. The standard InChI is InChI=1S/C7H8BBr/c9-6-8-7-4-2-1-3-5-7/h1-5,8H,6H2. The maximum Gasteiger partial charge on any atom is 0.169 e. The number of hydrogen-bond acceptors (Lipinski definition) is 0. The molecule has 46 valence electrons. The van der Waals surface area contributed by atoms with E-state index < -0.39 is 0 Å². The molecule has 0 N–H and O–H groups in total. The Hall–Kier alpha value is -0.235. The molecule has 1 rings (SSSR count). The number of benzene rings is 1. The van der Waals surface area contributed by atoms with Gasteiger partial charge in [0.2, 0.25) is 0 Å². The molecule has 0 saturated heterocycles. The fourth-order valence-corrected chi connectivity index (χ4v) is 1.21. The van der Waals surface area contributed by atoms with Gasteiger partial charge in [0.05, 0.1) is 0 Å². The smallest absolute Gasteiger partial charge is 0.102 e. The summed E-state index contributed by atoms with van der Waals surface area (Å²) in [6.07, 6.45) is 0. The second kappa shape index (κ2) is 3.73. The van der Waals surface area contributed by atoms with Crippen molar-refractivity contribution < 1.29 is 0 Å². The van der Waals surface area contributed by atoms with Crippen molar-refractivity contribution >= 4 is 28.7 Å². The molecule has 0 radical (unpaired) electrons. The van der Waals surface area contributed by atoms with Crippen LogP contribution in [0, 0.1) is 0 Å². The molecule has 0 aromatic heterocycles. The van der Waals surface area contributed by atoms with Crippen LogP contribution in [0.5, 0.6) is 0 Å². The predicted molar refractivity (Wildman–Crippen MR) is 47.0 cm³/mol. The Morgan fingerprint density at radius 1 is 1.22 bits per heavy atom. The molecule has 0 fully saturated rings. The topological polar surface area (TPSA) is 0 Å². The third kappa shape index (κ3) is 2.23. The molecule has 2 heteroatoms. The summed E-state index contributed by atoms with van der Waals surface area (Å²) in [5, 5.41) is 1.05. The van der Waals surface area contributed by atoms with Gasteiger partial charge in [-0.15, -0.1) is 15.9 Å². The predicted octanol–water partition coefficient (Wildman–Crippen LogP) is 1.10. The van der Waals surface area contributed by atoms with E-state index in [-0.39, 0.29) is 0 Å². The highest BCUT2D eigenvalue weighted by molar-refractivity contribution is 9.09. The summed E-state index contributed by atoms with van der Waals surface area (Å²) in [6, 6.07) is 10.5. The van der Waals surface area contributed by atoms with Crippen molar-refractivity contribution in [2.45, 2.75) is 0 Å². The van der Waals surface area contributed by atoms with E-state index in [0.717, 1.165) is 12.5 Å². The van der Waals surface area contributed by atoms with E-state index in [9.17, 15) is 0 Å². The first-order chi connectivity index (χ1) is 4.43. The van der Waals surface area contributed by atoms with Crippen molar-refractivity contribution in [3.63, 3.8) is 0 Å². The molecule has 0 spiro atoms. The normalized spacial score (nSPS) is 9.00. The summed E-state index contributed by atoms with van der Waals surface area (Å²) in [4.78, 5) is 0. The molecule has 0 amide bonds. The van der Waals surface area contributed by atoms with Crippen LogP contribution in [0.25, 0.3) is 0 Å². The highest BCUT2D eigenvalue weighted by Crippen LogP contribution is 1.82. The molecule has 0 bridgehead atoms. The Kier molecular flexibility index (Phi) is 2.85. The average molecular weight is 183 g/mol. The van der Waals surface area contributed by atoms with Gasteiger partial charge in [-0.1, -0.05) is 35.8 Å². The maximum atomic E-state index is 3.39. The van der Waals surface area contributed by atoms with Crippen LogP contribution in [0.15, 0.2) is 30.3 Å². The summed E-state index contributed by atoms with van der Waals surface area (Å²) in [7, 11) is 1.13. The minimum Gasteiger partial charge on any atom is -0.102 e. The number of hydrogen-bond donors (Lipinski definition) is 0. The van der Waals surface area contributed by atoms with Gasteiger partial charge < -0.3 is 0 Å². The van der Waals surface area contributed by atoms with Crippen LogP contribution >= 0.6 is 15.9 Å². The van der Waals surface area contributed by atoms with Crippen LogP contribution in [-0.4, -0.2) is 12.5 Å². The van der Waals surface area contributed by atoms with Gasteiger partial charge in [-0.05, 0) is 5.23 Å². The maximum absolute atomic E-state index is 3.39. The number of rotatable bonds is 2. The third-order valence-corrected chi connectivity index (χ3v) is 1.62. The summed E-state index contributed by atoms with van der Waals surface area (Å²) in [6.45, 7) is 0. The Morgan fingerprint density at radius 2 is 1.89 bits per heavy atom. The van der Waals surface area contributed by atoms with Crippen molar-refractivity contribution in [2.24, 2.45) is 0 Å². The molecular weight excluding hydrogens is 175 g/mol. The van der Waals surface area contributed by atoms with Crippen LogP contribution in [0.2, 0.25) is 0 Å². The van der Waals surface area contributed by atoms with E-state index in [1.165, 1.54) is 5.46 Å². The number of halogens is 1. The first kappa shape index (κ1) is 6.88. The Morgan fingerprint density at radius 3 is 2.44 bits per heavy atom. The summed E-state index contributed by atoms with van der Waals surface area (Å²) in [5.74, 6) is 0. The fourth-order valence-electron chi connectivity index (χ4n) is 0.754. The van der Waals surface area contributed by atoms with Crippen molar-refractivity contribution in [1.29, 1.82) is 0 Å². The highest BCUT2D eigenvalue weighted by Gasteiger charge is 1.88. The Bertz CT molecular complexity index is 162. The quantitative estimate of drug-likeness (QED) is 0.475. The van der Waals surface area contributed by atoms with Crippen molar-refractivity contribution in [2.75, 3.05) is 5.23 Å². The van der Waals surface area contributed by atoms with Gasteiger partial charge in [0, 0.05) is 0 Å². The zero-order valence-electron chi connectivity index (χ0n) is 5.18. The van der Waals surface area contributed by atoms with Gasteiger partial charge in [0.1, 0.15) is 0 Å². The van der Waals surface area contributed by atoms with Crippen LogP contribution in [-0.2, 0) is 0 Å². The lowest BCUT2D eigenvalue weighted by Gasteiger charge is -1.91. The minimum atomic E-state index is 1.05. The molecule has 1 aromatic rings. The van der Waals surface area contributed by atoms with Crippen LogP contribution in [0.4, 0.5) is 0 Å². The fraction of sp³-hybridized carbons (Fsp3) is 0.143. The monoisotopic (exact) mass is 182 g/mol. The molecule has 0 unspecified atom stereocenters. The second-order valence-electron chi connectivity index (χ2n) is 1.92. The molecule has 0 saturated carbocycles. The lowest BCUT2D eigenvalue weighted by Crippen LogP contribution is -2.13. The van der Waals surface area contributed by atoms with Crippen LogP contribution < -0.4 is 5.46 Å². The van der Waals surface area contributed by atoms with Gasteiger partial charge in [0.15, 0.2) is 7.28 Å². The molecular formula is C7H8BBr. The van der Waals surface area contributed by atoms with Crippen molar-refractivity contribution in [1.82, 2.24) is 0 Å².